The van der Waals surface area contributed by atoms with Gasteiger partial charge < -0.3 is 44.6 Å². The molecule has 0 saturated carbocycles. The van der Waals surface area contributed by atoms with Crippen molar-refractivity contribution in [2.24, 2.45) is 11.8 Å². The van der Waals surface area contributed by atoms with Crippen LogP contribution in [0.5, 0.6) is 0 Å². The molecular weight excluding hydrogens is 771 g/mol. The number of ether oxygens (including phenoxy) is 3. The number of aliphatic hydroxyl groups excluding tert-OH is 5. The van der Waals surface area contributed by atoms with Crippen LogP contribution in [-0.4, -0.2) is 106 Å². The quantitative estimate of drug-likeness (QED) is 0.0157. The second kappa shape index (κ2) is 33.9. The van der Waals surface area contributed by atoms with Gasteiger partial charge in [-0.1, -0.05) is 135 Å². The average molecular weight is 851 g/mol. The number of phosphoric ester groups is 1. The van der Waals surface area contributed by atoms with E-state index in [-0.39, 0.29) is 25.2 Å². The Morgan fingerprint density at radius 2 is 1.40 bits per heavy atom. The highest BCUT2D eigenvalue weighted by molar-refractivity contribution is 7.47. The fourth-order valence-electron chi connectivity index (χ4n) is 6.57. The van der Waals surface area contributed by atoms with Gasteiger partial charge in [-0.25, -0.2) is 4.57 Å². The van der Waals surface area contributed by atoms with E-state index in [2.05, 4.69) is 25.3 Å². The molecule has 8 atom stereocenters. The fourth-order valence-corrected chi connectivity index (χ4v) is 7.36. The fraction of sp³-hybridized carbons (Fsp3) is 0.860. The molecule has 2 unspecified atom stereocenters. The summed E-state index contributed by atoms with van der Waals surface area (Å²) in [6.45, 7) is 4.27. The molecule has 6 N–H and O–H groups in total. The molecule has 340 valence electrons. The number of allylic oxidation sites excluding steroid dienone is 2. The second-order valence-electron chi connectivity index (χ2n) is 16.1. The average Bonchev–Trinajstić information content (AvgIpc) is 3.17. The maximum absolute atomic E-state index is 12.7. The van der Waals surface area contributed by atoms with Gasteiger partial charge in [0.25, 0.3) is 0 Å². The SMILES string of the molecule is CCCCC[C@H](O)/C=C/[C@H]1OC(O)C[C@H](O)[C@@H]1C/C=C\CCCC(=O)OC[C@H](COP(=O)(O)OC[C@@H](O)CO)OC(=O)CCCCCCCCCCCCCC(C)C. The van der Waals surface area contributed by atoms with Gasteiger partial charge in [-0.15, -0.1) is 0 Å². The highest BCUT2D eigenvalue weighted by Crippen LogP contribution is 2.43. The Labute approximate surface area is 348 Å². The molecule has 0 aromatic heterocycles. The van der Waals surface area contributed by atoms with E-state index in [1.54, 1.807) is 12.2 Å². The van der Waals surface area contributed by atoms with Gasteiger partial charge in [0.05, 0.1) is 38.1 Å². The topological polar surface area (TPSA) is 219 Å². The zero-order valence-corrected chi connectivity index (χ0v) is 36.6. The van der Waals surface area contributed by atoms with Crippen LogP contribution in [0.25, 0.3) is 0 Å². The summed E-state index contributed by atoms with van der Waals surface area (Å²) in [5, 5.41) is 49.3. The van der Waals surface area contributed by atoms with Crippen LogP contribution in [0, 0.1) is 11.8 Å². The van der Waals surface area contributed by atoms with Gasteiger partial charge in [0.1, 0.15) is 12.7 Å². The summed E-state index contributed by atoms with van der Waals surface area (Å²) in [6.07, 6.45) is 20.6. The number of hydrogen-bond acceptors (Lipinski definition) is 13. The minimum Gasteiger partial charge on any atom is -0.462 e. The van der Waals surface area contributed by atoms with Gasteiger partial charge in [-0.2, -0.15) is 0 Å². The smallest absolute Gasteiger partial charge is 0.462 e. The summed E-state index contributed by atoms with van der Waals surface area (Å²) < 4.78 is 38.3. The Balaban J connectivity index is 2.50. The first-order valence-electron chi connectivity index (χ1n) is 22.0. The van der Waals surface area contributed by atoms with Crippen LogP contribution in [0.3, 0.4) is 0 Å². The molecule has 1 heterocycles. The van der Waals surface area contributed by atoms with E-state index in [1.807, 2.05) is 12.2 Å². The zero-order chi connectivity index (χ0) is 43.0. The van der Waals surface area contributed by atoms with Gasteiger partial charge >= 0.3 is 19.8 Å². The summed E-state index contributed by atoms with van der Waals surface area (Å²) in [4.78, 5) is 35.2. The van der Waals surface area contributed by atoms with E-state index in [4.69, 9.17) is 23.8 Å². The Hall–Kier alpha value is -1.71. The lowest BCUT2D eigenvalue weighted by Crippen LogP contribution is -2.43. The third kappa shape index (κ3) is 29.5. The van der Waals surface area contributed by atoms with Crippen molar-refractivity contribution in [1.82, 2.24) is 0 Å². The van der Waals surface area contributed by atoms with Crippen molar-refractivity contribution in [1.29, 1.82) is 0 Å². The zero-order valence-electron chi connectivity index (χ0n) is 35.7. The minimum absolute atomic E-state index is 0.0491. The van der Waals surface area contributed by atoms with Crippen molar-refractivity contribution < 1.29 is 67.8 Å². The molecule has 0 aromatic rings. The Morgan fingerprint density at radius 1 is 0.793 bits per heavy atom. The summed E-state index contributed by atoms with van der Waals surface area (Å²) in [6, 6.07) is 0. The highest BCUT2D eigenvalue weighted by Gasteiger charge is 2.35. The lowest BCUT2D eigenvalue weighted by molar-refractivity contribution is -0.199. The lowest BCUT2D eigenvalue weighted by Gasteiger charge is -2.36. The van der Waals surface area contributed by atoms with Gasteiger partial charge in [0.2, 0.25) is 0 Å². The molecule has 1 aliphatic heterocycles. The first-order valence-corrected chi connectivity index (χ1v) is 23.5. The molecule has 0 radical (unpaired) electrons. The van der Waals surface area contributed by atoms with Crippen LogP contribution in [0.1, 0.15) is 162 Å². The molecule has 0 bridgehead atoms. The normalized spacial score (nSPS) is 21.3. The Bertz CT molecular complexity index is 1150. The van der Waals surface area contributed by atoms with Crippen LogP contribution in [0.2, 0.25) is 0 Å². The van der Waals surface area contributed by atoms with E-state index < -0.39 is 83.0 Å². The number of phosphoric acid groups is 1. The number of rotatable bonds is 36. The molecule has 1 aliphatic rings. The summed E-state index contributed by atoms with van der Waals surface area (Å²) in [7, 11) is -4.68. The van der Waals surface area contributed by atoms with E-state index >= 15 is 0 Å². The first kappa shape index (κ1) is 54.3. The third-order valence-corrected chi connectivity index (χ3v) is 11.0. The molecule has 0 aromatic carbocycles. The molecule has 1 rings (SSSR count). The van der Waals surface area contributed by atoms with E-state index in [0.717, 1.165) is 44.4 Å². The van der Waals surface area contributed by atoms with Crippen LogP contribution < -0.4 is 0 Å². The highest BCUT2D eigenvalue weighted by atomic mass is 31.2. The molecule has 1 saturated heterocycles. The van der Waals surface area contributed by atoms with E-state index in [1.165, 1.54) is 51.4 Å². The maximum Gasteiger partial charge on any atom is 0.472 e. The minimum atomic E-state index is -4.68. The Kier molecular flexibility index (Phi) is 31.8. The van der Waals surface area contributed by atoms with Crippen molar-refractivity contribution in [3.05, 3.63) is 24.3 Å². The van der Waals surface area contributed by atoms with Gasteiger partial charge in [-0.05, 0) is 38.0 Å². The van der Waals surface area contributed by atoms with Crippen molar-refractivity contribution in [2.75, 3.05) is 26.4 Å². The van der Waals surface area contributed by atoms with Crippen molar-refractivity contribution in [3.8, 4) is 0 Å². The number of aliphatic hydroxyl groups is 5. The van der Waals surface area contributed by atoms with Gasteiger partial charge in [0.15, 0.2) is 12.4 Å². The molecule has 58 heavy (non-hydrogen) atoms. The van der Waals surface area contributed by atoms with Gasteiger partial charge in [-0.3, -0.25) is 18.6 Å². The third-order valence-electron chi connectivity index (χ3n) is 10.1. The maximum atomic E-state index is 12.7. The largest absolute Gasteiger partial charge is 0.472 e. The monoisotopic (exact) mass is 851 g/mol. The summed E-state index contributed by atoms with van der Waals surface area (Å²) in [5.74, 6) is -0.664. The van der Waals surface area contributed by atoms with Crippen molar-refractivity contribution in [2.45, 2.75) is 199 Å². The summed E-state index contributed by atoms with van der Waals surface area (Å²) >= 11 is 0. The van der Waals surface area contributed by atoms with Crippen LogP contribution in [0.15, 0.2) is 24.3 Å². The number of unbranched alkanes of at least 4 members (excludes halogenated alkanes) is 13. The molecule has 0 aliphatic carbocycles. The lowest BCUT2D eigenvalue weighted by atomic mass is 9.87. The van der Waals surface area contributed by atoms with E-state index in [9.17, 15) is 39.5 Å². The number of hydrogen-bond donors (Lipinski definition) is 6. The first-order chi connectivity index (χ1) is 27.8. The predicted molar refractivity (Wildman–Crippen MR) is 222 cm³/mol. The predicted octanol–water partition coefficient (Wildman–Crippen LogP) is 7.35. The number of esters is 2. The second-order valence-corrected chi connectivity index (χ2v) is 17.5. The van der Waals surface area contributed by atoms with Crippen LogP contribution in [0.4, 0.5) is 0 Å². The molecule has 0 spiro atoms. The summed E-state index contributed by atoms with van der Waals surface area (Å²) in [5.41, 5.74) is 0. The van der Waals surface area contributed by atoms with Crippen LogP contribution in [-0.2, 0) is 37.4 Å². The molecular formula is C43H79O14P. The van der Waals surface area contributed by atoms with Crippen molar-refractivity contribution >= 4 is 19.8 Å². The standard InChI is InChI=1S/C43H79O14P/c1-4-5-17-23-35(45)27-28-40-38(39(47)29-43(50)57-40)24-19-15-16-20-25-41(48)53-32-37(33-55-58(51,52)54-31-36(46)30-44)56-42(49)26-21-14-12-10-8-6-7-9-11-13-18-22-34(2)3/h15,19,27-28,34-40,43-47,50H,4-14,16-18,20-26,29-33H2,1-3H3,(H,51,52)/b19-15-,28-27+/t35-,36-,37+,38-,39-,40+,43?/m0/s1. The van der Waals surface area contributed by atoms with Gasteiger partial charge in [0, 0.05) is 25.2 Å². The molecule has 1 fully saturated rings. The van der Waals surface area contributed by atoms with Crippen molar-refractivity contribution in [3.63, 3.8) is 0 Å². The van der Waals surface area contributed by atoms with Crippen LogP contribution >= 0.6 is 7.82 Å². The number of carbonyl (C=O) groups is 2. The number of carbonyl (C=O) groups excluding carboxylic acids is 2. The Morgan fingerprint density at radius 3 is 2.03 bits per heavy atom. The molecule has 0 amide bonds. The van der Waals surface area contributed by atoms with E-state index in [0.29, 0.717) is 32.1 Å². The molecule has 14 nitrogen and oxygen atoms in total. The molecule has 15 heteroatoms.